The molecule has 3 nitrogen and oxygen atoms in total. The van der Waals surface area contributed by atoms with E-state index in [1.807, 2.05) is 30.4 Å². The van der Waals surface area contributed by atoms with E-state index in [2.05, 4.69) is 21.2 Å². The summed E-state index contributed by atoms with van der Waals surface area (Å²) in [7, 11) is 0. The molecule has 17 heavy (non-hydrogen) atoms. The largest absolute Gasteiger partial charge is 0.392 e. The third-order valence-electron chi connectivity index (χ3n) is 2.24. The van der Waals surface area contributed by atoms with Gasteiger partial charge in [-0.25, -0.2) is 0 Å². The lowest BCUT2D eigenvalue weighted by atomic mass is 10.1. The molecule has 0 fully saturated rings. The fraction of sp³-hybridized carbons (Fsp3) is 0.308. The molecule has 0 aliphatic heterocycles. The first-order valence-electron chi connectivity index (χ1n) is 5.43. The van der Waals surface area contributed by atoms with Gasteiger partial charge in [-0.2, -0.15) is 0 Å². The maximum absolute atomic E-state index is 10.6. The van der Waals surface area contributed by atoms with Gasteiger partial charge in [0.1, 0.15) is 0 Å². The predicted molar refractivity (Wildman–Crippen MR) is 72.4 cm³/mol. The lowest BCUT2D eigenvalue weighted by Crippen LogP contribution is -2.20. The fourth-order valence-electron chi connectivity index (χ4n) is 1.37. The first-order chi connectivity index (χ1) is 8.13. The van der Waals surface area contributed by atoms with Crippen LogP contribution in [0.2, 0.25) is 0 Å². The van der Waals surface area contributed by atoms with E-state index in [1.165, 1.54) is 6.92 Å². The number of rotatable bonds is 5. The van der Waals surface area contributed by atoms with Crippen LogP contribution in [0, 0.1) is 0 Å². The second-order valence-corrected chi connectivity index (χ2v) is 4.54. The summed E-state index contributed by atoms with van der Waals surface area (Å²) in [6.07, 6.45) is 4.78. The van der Waals surface area contributed by atoms with Gasteiger partial charge in [-0.3, -0.25) is 4.79 Å². The monoisotopic (exact) mass is 297 g/mol. The molecular weight excluding hydrogens is 282 g/mol. The van der Waals surface area contributed by atoms with Crippen molar-refractivity contribution in [3.05, 3.63) is 39.9 Å². The van der Waals surface area contributed by atoms with Gasteiger partial charge >= 0.3 is 0 Å². The van der Waals surface area contributed by atoms with Crippen LogP contribution in [0.5, 0.6) is 0 Å². The Morgan fingerprint density at radius 3 is 2.94 bits per heavy atom. The van der Waals surface area contributed by atoms with Crippen LogP contribution in [-0.4, -0.2) is 17.6 Å². The Hall–Kier alpha value is -1.13. The number of hydrogen-bond acceptors (Lipinski definition) is 2. The maximum atomic E-state index is 10.6. The van der Waals surface area contributed by atoms with Crippen LogP contribution in [0.4, 0.5) is 0 Å². The molecule has 0 spiro atoms. The topological polar surface area (TPSA) is 49.3 Å². The molecule has 0 saturated carbocycles. The zero-order valence-corrected chi connectivity index (χ0v) is 11.3. The van der Waals surface area contributed by atoms with E-state index in [4.69, 9.17) is 5.11 Å². The van der Waals surface area contributed by atoms with Crippen molar-refractivity contribution in [2.45, 2.75) is 20.0 Å². The van der Waals surface area contributed by atoms with Crippen LogP contribution in [0.1, 0.15) is 24.5 Å². The highest BCUT2D eigenvalue weighted by Crippen LogP contribution is 2.19. The van der Waals surface area contributed by atoms with E-state index in [-0.39, 0.29) is 12.5 Å². The van der Waals surface area contributed by atoms with Gasteiger partial charge < -0.3 is 10.4 Å². The Morgan fingerprint density at radius 1 is 1.53 bits per heavy atom. The summed E-state index contributed by atoms with van der Waals surface area (Å²) >= 11 is 3.37. The predicted octanol–water partition coefficient (Wildman–Crippen LogP) is 2.48. The number of halogens is 1. The van der Waals surface area contributed by atoms with Crippen molar-refractivity contribution in [1.29, 1.82) is 0 Å². The van der Waals surface area contributed by atoms with Gasteiger partial charge in [-0.15, -0.1) is 0 Å². The molecule has 0 bridgehead atoms. The first kappa shape index (κ1) is 13.9. The molecule has 1 rings (SSSR count). The number of nitrogens with one attached hydrogen (secondary N) is 1. The molecule has 0 atom stereocenters. The normalized spacial score (nSPS) is 10.8. The van der Waals surface area contributed by atoms with Gasteiger partial charge in [0.25, 0.3) is 0 Å². The van der Waals surface area contributed by atoms with E-state index < -0.39 is 0 Å². The summed E-state index contributed by atoms with van der Waals surface area (Å²) in [5.74, 6) is -0.00962. The highest BCUT2D eigenvalue weighted by Gasteiger charge is 1.98. The van der Waals surface area contributed by atoms with Gasteiger partial charge in [0.15, 0.2) is 0 Å². The van der Waals surface area contributed by atoms with Gasteiger partial charge in [-0.05, 0) is 29.7 Å². The second kappa shape index (κ2) is 7.25. The Bertz CT molecular complexity index is 416. The summed E-state index contributed by atoms with van der Waals surface area (Å²) in [4.78, 5) is 10.6. The molecule has 0 aliphatic carbocycles. The number of carbonyl (C=O) groups excluding carboxylic acids is 1. The smallest absolute Gasteiger partial charge is 0.216 e. The van der Waals surface area contributed by atoms with E-state index in [0.29, 0.717) is 6.54 Å². The van der Waals surface area contributed by atoms with Gasteiger partial charge in [0, 0.05) is 17.9 Å². The third kappa shape index (κ3) is 5.15. The number of amides is 1. The highest BCUT2D eigenvalue weighted by atomic mass is 79.9. The zero-order chi connectivity index (χ0) is 12.7. The quantitative estimate of drug-likeness (QED) is 0.821. The van der Waals surface area contributed by atoms with E-state index in [1.54, 1.807) is 0 Å². The average Bonchev–Trinajstić information content (AvgIpc) is 2.30. The summed E-state index contributed by atoms with van der Waals surface area (Å²) in [6, 6.07) is 5.82. The molecule has 0 heterocycles. The van der Waals surface area contributed by atoms with E-state index in [0.717, 1.165) is 22.0 Å². The molecule has 92 valence electrons. The number of benzene rings is 1. The van der Waals surface area contributed by atoms with Crippen molar-refractivity contribution >= 4 is 27.9 Å². The van der Waals surface area contributed by atoms with Crippen molar-refractivity contribution in [2.24, 2.45) is 0 Å². The van der Waals surface area contributed by atoms with Crippen LogP contribution in [0.15, 0.2) is 28.7 Å². The Balaban J connectivity index is 2.50. The lowest BCUT2D eigenvalue weighted by Gasteiger charge is -2.02. The van der Waals surface area contributed by atoms with Crippen molar-refractivity contribution in [3.8, 4) is 0 Å². The van der Waals surface area contributed by atoms with Crippen molar-refractivity contribution in [1.82, 2.24) is 5.32 Å². The SMILES string of the molecule is CC(=O)NCCC=Cc1ccc(Br)c(CO)c1. The Kier molecular flexibility index (Phi) is 5.94. The molecule has 1 aromatic carbocycles. The molecule has 1 amide bonds. The van der Waals surface area contributed by atoms with Crippen LogP contribution < -0.4 is 5.32 Å². The molecule has 0 unspecified atom stereocenters. The van der Waals surface area contributed by atoms with Crippen LogP contribution in [0.25, 0.3) is 6.08 Å². The molecule has 0 saturated heterocycles. The number of hydrogen-bond donors (Lipinski definition) is 2. The fourth-order valence-corrected chi connectivity index (χ4v) is 1.74. The second-order valence-electron chi connectivity index (χ2n) is 3.68. The maximum Gasteiger partial charge on any atom is 0.216 e. The van der Waals surface area contributed by atoms with Crippen molar-refractivity contribution in [2.75, 3.05) is 6.54 Å². The minimum atomic E-state index is -0.00962. The number of carbonyl (C=O) groups is 1. The minimum absolute atomic E-state index is 0.00962. The average molecular weight is 298 g/mol. The zero-order valence-electron chi connectivity index (χ0n) is 9.74. The summed E-state index contributed by atoms with van der Waals surface area (Å²) in [6.45, 7) is 2.18. The van der Waals surface area contributed by atoms with Crippen molar-refractivity contribution < 1.29 is 9.90 Å². The van der Waals surface area contributed by atoms with E-state index in [9.17, 15) is 4.79 Å². The minimum Gasteiger partial charge on any atom is -0.392 e. The van der Waals surface area contributed by atoms with Crippen LogP contribution in [-0.2, 0) is 11.4 Å². The molecule has 1 aromatic rings. The molecule has 0 aliphatic rings. The molecule has 4 heteroatoms. The molecule has 2 N–H and O–H groups in total. The van der Waals surface area contributed by atoms with Gasteiger partial charge in [-0.1, -0.05) is 34.1 Å². The van der Waals surface area contributed by atoms with Crippen LogP contribution in [0.3, 0.4) is 0 Å². The van der Waals surface area contributed by atoms with Gasteiger partial charge in [0.2, 0.25) is 5.91 Å². The number of aliphatic hydroxyl groups is 1. The molecular formula is C13H16BrNO2. The number of aliphatic hydroxyl groups excluding tert-OH is 1. The Morgan fingerprint density at radius 2 is 2.29 bits per heavy atom. The van der Waals surface area contributed by atoms with Gasteiger partial charge in [0.05, 0.1) is 6.61 Å². The highest BCUT2D eigenvalue weighted by molar-refractivity contribution is 9.10. The summed E-state index contributed by atoms with van der Waals surface area (Å²) in [5.41, 5.74) is 1.91. The Labute approximate surface area is 110 Å². The first-order valence-corrected chi connectivity index (χ1v) is 6.23. The van der Waals surface area contributed by atoms with Crippen LogP contribution >= 0.6 is 15.9 Å². The van der Waals surface area contributed by atoms with Crippen molar-refractivity contribution in [3.63, 3.8) is 0 Å². The summed E-state index contributed by atoms with van der Waals surface area (Å²) < 4.78 is 0.912. The molecule has 0 aromatic heterocycles. The summed E-state index contributed by atoms with van der Waals surface area (Å²) in [5, 5.41) is 11.8. The lowest BCUT2D eigenvalue weighted by molar-refractivity contribution is -0.118. The van der Waals surface area contributed by atoms with E-state index >= 15 is 0 Å². The molecule has 0 radical (unpaired) electrons. The third-order valence-corrected chi connectivity index (χ3v) is 3.01. The standard InChI is InChI=1S/C13H16BrNO2/c1-10(17)15-7-3-2-4-11-5-6-13(14)12(8-11)9-16/h2,4-6,8,16H,3,7,9H2,1H3,(H,15,17).